The van der Waals surface area contributed by atoms with Crippen molar-refractivity contribution in [3.63, 3.8) is 0 Å². The highest BCUT2D eigenvalue weighted by Crippen LogP contribution is 2.27. The SMILES string of the molecule is CN(Cc1ccc(Cl)s1)c1cc(C(=O)NC2CC2)c2ccccc2n1. The van der Waals surface area contributed by atoms with Gasteiger partial charge in [0.25, 0.3) is 5.91 Å². The number of aromatic nitrogens is 1. The Morgan fingerprint density at radius 2 is 2.12 bits per heavy atom. The molecule has 1 aliphatic rings. The molecule has 4 nitrogen and oxygen atoms in total. The number of hydrogen-bond donors (Lipinski definition) is 1. The standard InChI is InChI=1S/C19H18ClN3OS/c1-23(11-13-8-9-17(20)25-13)18-10-15(19(24)21-12-6-7-12)14-4-2-3-5-16(14)22-18/h2-5,8-10,12H,6-7,11H2,1H3,(H,21,24). The largest absolute Gasteiger partial charge is 0.354 e. The van der Waals surface area contributed by atoms with Crippen molar-refractivity contribution in [3.8, 4) is 0 Å². The number of nitrogens with zero attached hydrogens (tertiary/aromatic N) is 2. The molecule has 4 rings (SSSR count). The number of benzene rings is 1. The topological polar surface area (TPSA) is 45.2 Å². The van der Waals surface area contributed by atoms with Gasteiger partial charge in [0.1, 0.15) is 5.82 Å². The fourth-order valence-electron chi connectivity index (χ4n) is 2.79. The van der Waals surface area contributed by atoms with Gasteiger partial charge >= 0.3 is 0 Å². The summed E-state index contributed by atoms with van der Waals surface area (Å²) in [5.41, 5.74) is 1.51. The van der Waals surface area contributed by atoms with Gasteiger partial charge in [-0.05, 0) is 37.1 Å². The van der Waals surface area contributed by atoms with Gasteiger partial charge < -0.3 is 10.2 Å². The zero-order chi connectivity index (χ0) is 17.4. The number of hydrogen-bond acceptors (Lipinski definition) is 4. The molecule has 0 unspecified atom stereocenters. The fraction of sp³-hybridized carbons (Fsp3) is 0.263. The third kappa shape index (κ3) is 3.62. The molecule has 0 atom stereocenters. The average Bonchev–Trinajstić information content (AvgIpc) is 3.33. The highest BCUT2D eigenvalue weighted by atomic mass is 35.5. The van der Waals surface area contributed by atoms with E-state index in [0.29, 0.717) is 18.2 Å². The first-order valence-corrected chi connectivity index (χ1v) is 9.45. The monoisotopic (exact) mass is 371 g/mol. The molecule has 25 heavy (non-hydrogen) atoms. The van der Waals surface area contributed by atoms with E-state index in [1.807, 2.05) is 54.4 Å². The van der Waals surface area contributed by atoms with Gasteiger partial charge in [-0.25, -0.2) is 4.98 Å². The molecule has 1 saturated carbocycles. The van der Waals surface area contributed by atoms with Gasteiger partial charge in [0.05, 0.1) is 22.0 Å². The number of halogens is 1. The molecule has 1 aromatic carbocycles. The zero-order valence-corrected chi connectivity index (χ0v) is 15.4. The number of para-hydroxylation sites is 1. The Balaban J connectivity index is 1.69. The lowest BCUT2D eigenvalue weighted by Crippen LogP contribution is -2.26. The van der Waals surface area contributed by atoms with Crippen LogP contribution in [0.15, 0.2) is 42.5 Å². The van der Waals surface area contributed by atoms with Gasteiger partial charge in [0, 0.05) is 23.4 Å². The Kier molecular flexibility index (Phi) is 4.36. The van der Waals surface area contributed by atoms with Crippen LogP contribution in [0.25, 0.3) is 10.9 Å². The van der Waals surface area contributed by atoms with E-state index in [4.69, 9.17) is 16.6 Å². The first kappa shape index (κ1) is 16.4. The predicted octanol–water partition coefficient (Wildman–Crippen LogP) is 4.48. The molecule has 1 fully saturated rings. The van der Waals surface area contributed by atoms with Crippen LogP contribution in [0.2, 0.25) is 4.34 Å². The third-order valence-corrected chi connectivity index (χ3v) is 5.49. The number of carbonyl (C=O) groups excluding carboxylic acids is 1. The second-order valence-corrected chi connectivity index (χ2v) is 8.15. The van der Waals surface area contributed by atoms with E-state index >= 15 is 0 Å². The van der Waals surface area contributed by atoms with Gasteiger partial charge in [0.2, 0.25) is 0 Å². The van der Waals surface area contributed by atoms with Crippen LogP contribution in [-0.2, 0) is 6.54 Å². The predicted molar refractivity (Wildman–Crippen MR) is 104 cm³/mol. The van der Waals surface area contributed by atoms with Crippen molar-refractivity contribution in [1.29, 1.82) is 0 Å². The zero-order valence-electron chi connectivity index (χ0n) is 13.8. The lowest BCUT2D eigenvalue weighted by Gasteiger charge is -2.19. The summed E-state index contributed by atoms with van der Waals surface area (Å²) in [6.07, 6.45) is 2.14. The Morgan fingerprint density at radius 1 is 1.32 bits per heavy atom. The first-order chi connectivity index (χ1) is 12.1. The number of amides is 1. The van der Waals surface area contributed by atoms with Crippen molar-refractivity contribution in [2.24, 2.45) is 0 Å². The maximum Gasteiger partial charge on any atom is 0.252 e. The number of thiophene rings is 1. The van der Waals surface area contributed by atoms with Crippen LogP contribution in [0, 0.1) is 0 Å². The number of anilines is 1. The van der Waals surface area contributed by atoms with Gasteiger partial charge in [0.15, 0.2) is 0 Å². The van der Waals surface area contributed by atoms with Crippen LogP contribution in [-0.4, -0.2) is 24.0 Å². The van der Waals surface area contributed by atoms with Gasteiger partial charge in [-0.3, -0.25) is 4.79 Å². The molecular weight excluding hydrogens is 354 g/mol. The Bertz CT molecular complexity index is 935. The minimum Gasteiger partial charge on any atom is -0.354 e. The van der Waals surface area contributed by atoms with Crippen LogP contribution in [0.4, 0.5) is 5.82 Å². The summed E-state index contributed by atoms with van der Waals surface area (Å²) < 4.78 is 0.777. The van der Waals surface area contributed by atoms with E-state index in [9.17, 15) is 4.79 Å². The average molecular weight is 372 g/mol. The first-order valence-electron chi connectivity index (χ1n) is 8.26. The van der Waals surface area contributed by atoms with Crippen LogP contribution < -0.4 is 10.2 Å². The molecule has 0 aliphatic heterocycles. The van der Waals surface area contributed by atoms with Crippen LogP contribution in [0.1, 0.15) is 28.1 Å². The van der Waals surface area contributed by atoms with E-state index in [-0.39, 0.29) is 5.91 Å². The fourth-order valence-corrected chi connectivity index (χ4v) is 3.93. The van der Waals surface area contributed by atoms with E-state index in [2.05, 4.69) is 5.32 Å². The Labute approximate surface area is 155 Å². The molecule has 1 N–H and O–H groups in total. The summed E-state index contributed by atoms with van der Waals surface area (Å²) in [6.45, 7) is 0.701. The van der Waals surface area contributed by atoms with Crippen molar-refractivity contribution in [1.82, 2.24) is 10.3 Å². The number of fused-ring (bicyclic) bond motifs is 1. The molecule has 0 bridgehead atoms. The molecule has 0 saturated heterocycles. The van der Waals surface area contributed by atoms with E-state index in [1.54, 1.807) is 11.3 Å². The minimum absolute atomic E-state index is 0.0186. The van der Waals surface area contributed by atoms with Crippen LogP contribution in [0.3, 0.4) is 0 Å². The summed E-state index contributed by atoms with van der Waals surface area (Å²) in [5.74, 6) is 0.763. The number of rotatable bonds is 5. The Morgan fingerprint density at radius 3 is 2.84 bits per heavy atom. The smallest absolute Gasteiger partial charge is 0.252 e. The maximum atomic E-state index is 12.7. The lowest BCUT2D eigenvalue weighted by atomic mass is 10.1. The van der Waals surface area contributed by atoms with E-state index in [0.717, 1.165) is 38.8 Å². The quantitative estimate of drug-likeness (QED) is 0.719. The molecule has 3 aromatic rings. The summed E-state index contributed by atoms with van der Waals surface area (Å²) in [4.78, 5) is 20.6. The van der Waals surface area contributed by atoms with Crippen molar-refractivity contribution in [3.05, 3.63) is 57.2 Å². The summed E-state index contributed by atoms with van der Waals surface area (Å²) >= 11 is 7.58. The summed E-state index contributed by atoms with van der Waals surface area (Å²) in [5, 5.41) is 3.97. The molecule has 0 spiro atoms. The maximum absolute atomic E-state index is 12.7. The molecule has 128 valence electrons. The lowest BCUT2D eigenvalue weighted by molar-refractivity contribution is 0.0952. The van der Waals surface area contributed by atoms with Gasteiger partial charge in [-0.2, -0.15) is 0 Å². The highest BCUT2D eigenvalue weighted by molar-refractivity contribution is 7.16. The second kappa shape index (κ2) is 6.65. The molecule has 6 heteroatoms. The molecule has 1 aliphatic carbocycles. The van der Waals surface area contributed by atoms with Gasteiger partial charge in [-0.15, -0.1) is 11.3 Å². The highest BCUT2D eigenvalue weighted by Gasteiger charge is 2.25. The van der Waals surface area contributed by atoms with Crippen molar-refractivity contribution in [2.45, 2.75) is 25.4 Å². The third-order valence-electron chi connectivity index (χ3n) is 4.27. The number of nitrogens with one attached hydrogen (secondary N) is 1. The van der Waals surface area contributed by atoms with Crippen molar-refractivity contribution >= 4 is 45.6 Å². The molecule has 2 heterocycles. The van der Waals surface area contributed by atoms with Crippen molar-refractivity contribution < 1.29 is 4.79 Å². The van der Waals surface area contributed by atoms with Crippen LogP contribution in [0.5, 0.6) is 0 Å². The number of carbonyl (C=O) groups is 1. The second-order valence-electron chi connectivity index (χ2n) is 6.35. The summed E-state index contributed by atoms with van der Waals surface area (Å²) in [6, 6.07) is 13.9. The van der Waals surface area contributed by atoms with E-state index < -0.39 is 0 Å². The molecular formula is C19H18ClN3OS. The van der Waals surface area contributed by atoms with E-state index in [1.165, 1.54) is 0 Å². The van der Waals surface area contributed by atoms with Crippen LogP contribution >= 0.6 is 22.9 Å². The minimum atomic E-state index is -0.0186. The molecule has 0 radical (unpaired) electrons. The van der Waals surface area contributed by atoms with Gasteiger partial charge in [-0.1, -0.05) is 29.8 Å². The summed E-state index contributed by atoms with van der Waals surface area (Å²) in [7, 11) is 1.98. The Hall–Kier alpha value is -2.11. The normalized spacial score (nSPS) is 13.8. The molecule has 1 amide bonds. The molecule has 2 aromatic heterocycles. The van der Waals surface area contributed by atoms with Crippen molar-refractivity contribution in [2.75, 3.05) is 11.9 Å². The number of pyridine rings is 1.